The van der Waals surface area contributed by atoms with E-state index in [0.717, 1.165) is 28.8 Å². The molecule has 0 saturated heterocycles. The zero-order valence-electron chi connectivity index (χ0n) is 11.7. The largest absolute Gasteiger partial charge is 0.378 e. The molecule has 0 aliphatic carbocycles. The molecule has 0 aliphatic heterocycles. The fraction of sp³-hybridized carbons (Fsp3) is 0.286. The normalized spacial score (nSPS) is 10.1. The second kappa shape index (κ2) is 5.56. The van der Waals surface area contributed by atoms with Crippen molar-refractivity contribution in [1.29, 1.82) is 0 Å². The summed E-state index contributed by atoms with van der Waals surface area (Å²) < 4.78 is 0. The van der Waals surface area contributed by atoms with Gasteiger partial charge in [0.15, 0.2) is 0 Å². The predicted molar refractivity (Wildman–Crippen MR) is 80.4 cm³/mol. The Labute approximate surface area is 113 Å². The number of hydrogen-bond acceptors (Lipinski definition) is 5. The maximum atomic E-state index is 4.38. The zero-order chi connectivity index (χ0) is 13.8. The molecule has 5 nitrogen and oxygen atoms in total. The SMILES string of the molecule is CNc1cc(Nc2cccc(N(C)C)c2)nc(C)n1. The van der Waals surface area contributed by atoms with E-state index in [0.29, 0.717) is 0 Å². The fourth-order valence-electron chi connectivity index (χ4n) is 1.77. The van der Waals surface area contributed by atoms with E-state index in [-0.39, 0.29) is 0 Å². The van der Waals surface area contributed by atoms with Crippen LogP contribution in [0.5, 0.6) is 0 Å². The summed E-state index contributed by atoms with van der Waals surface area (Å²) in [5.74, 6) is 2.32. The first-order chi connectivity index (χ1) is 9.08. The molecule has 1 heterocycles. The number of hydrogen-bond donors (Lipinski definition) is 2. The van der Waals surface area contributed by atoms with Gasteiger partial charge in [0, 0.05) is 38.6 Å². The van der Waals surface area contributed by atoms with Gasteiger partial charge in [-0.2, -0.15) is 0 Å². The van der Waals surface area contributed by atoms with E-state index >= 15 is 0 Å². The van der Waals surface area contributed by atoms with Crippen LogP contribution in [-0.4, -0.2) is 31.1 Å². The molecule has 0 saturated carbocycles. The Morgan fingerprint density at radius 1 is 1.05 bits per heavy atom. The first kappa shape index (κ1) is 13.1. The van der Waals surface area contributed by atoms with Crippen molar-refractivity contribution in [2.24, 2.45) is 0 Å². The molecule has 2 rings (SSSR count). The van der Waals surface area contributed by atoms with E-state index in [9.17, 15) is 0 Å². The minimum atomic E-state index is 0.734. The Morgan fingerprint density at radius 3 is 2.47 bits per heavy atom. The van der Waals surface area contributed by atoms with Crippen LogP contribution in [0.25, 0.3) is 0 Å². The number of rotatable bonds is 4. The van der Waals surface area contributed by atoms with Crippen LogP contribution >= 0.6 is 0 Å². The lowest BCUT2D eigenvalue weighted by Crippen LogP contribution is -2.08. The van der Waals surface area contributed by atoms with Gasteiger partial charge in [0.1, 0.15) is 17.5 Å². The smallest absolute Gasteiger partial charge is 0.136 e. The van der Waals surface area contributed by atoms with Gasteiger partial charge in [0.2, 0.25) is 0 Å². The highest BCUT2D eigenvalue weighted by Crippen LogP contribution is 2.21. The number of benzene rings is 1. The summed E-state index contributed by atoms with van der Waals surface area (Å²) in [6, 6.07) is 10.1. The second-order valence-electron chi connectivity index (χ2n) is 4.51. The average molecular weight is 257 g/mol. The number of aryl methyl sites for hydroxylation is 1. The van der Waals surface area contributed by atoms with Crippen molar-refractivity contribution in [2.75, 3.05) is 36.7 Å². The van der Waals surface area contributed by atoms with Gasteiger partial charge in [-0.05, 0) is 25.1 Å². The van der Waals surface area contributed by atoms with Crippen molar-refractivity contribution in [3.05, 3.63) is 36.2 Å². The zero-order valence-corrected chi connectivity index (χ0v) is 11.7. The maximum absolute atomic E-state index is 4.38. The number of aromatic nitrogens is 2. The van der Waals surface area contributed by atoms with Gasteiger partial charge in [-0.1, -0.05) is 6.07 Å². The second-order valence-corrected chi connectivity index (χ2v) is 4.51. The monoisotopic (exact) mass is 257 g/mol. The van der Waals surface area contributed by atoms with Crippen LogP contribution in [0.1, 0.15) is 5.82 Å². The van der Waals surface area contributed by atoms with E-state index in [4.69, 9.17) is 0 Å². The molecule has 0 fully saturated rings. The van der Waals surface area contributed by atoms with Gasteiger partial charge in [-0.25, -0.2) is 9.97 Å². The van der Waals surface area contributed by atoms with Crippen molar-refractivity contribution in [3.63, 3.8) is 0 Å². The molecule has 19 heavy (non-hydrogen) atoms. The van der Waals surface area contributed by atoms with Crippen LogP contribution in [0.15, 0.2) is 30.3 Å². The first-order valence-electron chi connectivity index (χ1n) is 6.16. The predicted octanol–water partition coefficient (Wildman–Crippen LogP) is 2.64. The molecule has 0 bridgehead atoms. The highest BCUT2D eigenvalue weighted by atomic mass is 15.1. The molecule has 1 aromatic heterocycles. The van der Waals surface area contributed by atoms with Crippen molar-refractivity contribution < 1.29 is 0 Å². The summed E-state index contributed by atoms with van der Waals surface area (Å²) in [5.41, 5.74) is 2.15. The molecule has 2 aromatic rings. The molecule has 0 radical (unpaired) electrons. The summed E-state index contributed by atoms with van der Waals surface area (Å²) in [6.07, 6.45) is 0. The minimum absolute atomic E-state index is 0.734. The summed E-state index contributed by atoms with van der Waals surface area (Å²) >= 11 is 0. The van der Waals surface area contributed by atoms with E-state index in [1.807, 2.05) is 46.3 Å². The Balaban J connectivity index is 2.25. The van der Waals surface area contributed by atoms with Gasteiger partial charge >= 0.3 is 0 Å². The summed E-state index contributed by atoms with van der Waals surface area (Å²) in [5, 5.41) is 6.32. The molecule has 100 valence electrons. The van der Waals surface area contributed by atoms with Crippen LogP contribution in [0.2, 0.25) is 0 Å². The van der Waals surface area contributed by atoms with E-state index in [1.165, 1.54) is 0 Å². The van der Waals surface area contributed by atoms with Gasteiger partial charge in [0.25, 0.3) is 0 Å². The van der Waals surface area contributed by atoms with Crippen LogP contribution < -0.4 is 15.5 Å². The molecular weight excluding hydrogens is 238 g/mol. The summed E-state index contributed by atoms with van der Waals surface area (Å²) in [7, 11) is 5.89. The third-order valence-corrected chi connectivity index (χ3v) is 2.73. The molecule has 0 amide bonds. The fourth-order valence-corrected chi connectivity index (χ4v) is 1.77. The number of nitrogens with zero attached hydrogens (tertiary/aromatic N) is 3. The number of anilines is 4. The van der Waals surface area contributed by atoms with Crippen molar-refractivity contribution >= 4 is 23.0 Å². The maximum Gasteiger partial charge on any atom is 0.136 e. The Bertz CT molecular complexity index is 566. The number of nitrogens with one attached hydrogen (secondary N) is 2. The van der Waals surface area contributed by atoms with Crippen LogP contribution in [0.4, 0.5) is 23.0 Å². The highest BCUT2D eigenvalue weighted by Gasteiger charge is 2.02. The quantitative estimate of drug-likeness (QED) is 0.882. The van der Waals surface area contributed by atoms with Crippen molar-refractivity contribution in [1.82, 2.24) is 9.97 Å². The van der Waals surface area contributed by atoms with E-state index in [1.54, 1.807) is 0 Å². The molecule has 0 atom stereocenters. The first-order valence-corrected chi connectivity index (χ1v) is 6.16. The Hall–Kier alpha value is -2.30. The minimum Gasteiger partial charge on any atom is -0.378 e. The highest BCUT2D eigenvalue weighted by molar-refractivity contribution is 5.64. The Morgan fingerprint density at radius 2 is 1.79 bits per heavy atom. The summed E-state index contributed by atoms with van der Waals surface area (Å²) in [6.45, 7) is 1.88. The van der Waals surface area contributed by atoms with Crippen LogP contribution in [0, 0.1) is 6.92 Å². The topological polar surface area (TPSA) is 53.1 Å². The summed E-state index contributed by atoms with van der Waals surface area (Å²) in [4.78, 5) is 10.7. The lowest BCUT2D eigenvalue weighted by Gasteiger charge is -2.14. The molecule has 0 aliphatic rings. The average Bonchev–Trinajstić information content (AvgIpc) is 2.38. The molecule has 0 unspecified atom stereocenters. The third kappa shape index (κ3) is 3.34. The van der Waals surface area contributed by atoms with Gasteiger partial charge in [-0.3, -0.25) is 0 Å². The lowest BCUT2D eigenvalue weighted by molar-refractivity contribution is 1.05. The van der Waals surface area contributed by atoms with Crippen molar-refractivity contribution in [3.8, 4) is 0 Å². The standard InChI is InChI=1S/C14H19N5/c1-10-16-13(15-2)9-14(17-10)18-11-6-5-7-12(8-11)19(3)4/h5-9H,1-4H3,(H2,15,16,17,18). The van der Waals surface area contributed by atoms with Crippen LogP contribution in [-0.2, 0) is 0 Å². The van der Waals surface area contributed by atoms with Gasteiger partial charge in [-0.15, -0.1) is 0 Å². The third-order valence-electron chi connectivity index (χ3n) is 2.73. The van der Waals surface area contributed by atoms with Gasteiger partial charge in [0.05, 0.1) is 0 Å². The molecule has 2 N–H and O–H groups in total. The van der Waals surface area contributed by atoms with Gasteiger partial charge < -0.3 is 15.5 Å². The molecule has 1 aromatic carbocycles. The van der Waals surface area contributed by atoms with E-state index < -0.39 is 0 Å². The molecular formula is C14H19N5. The van der Waals surface area contributed by atoms with Crippen molar-refractivity contribution in [2.45, 2.75) is 6.92 Å². The Kier molecular flexibility index (Phi) is 3.85. The molecule has 5 heteroatoms. The molecule has 0 spiro atoms. The van der Waals surface area contributed by atoms with E-state index in [2.05, 4.69) is 37.6 Å². The lowest BCUT2D eigenvalue weighted by atomic mass is 10.2. The van der Waals surface area contributed by atoms with Crippen LogP contribution in [0.3, 0.4) is 0 Å².